The van der Waals surface area contributed by atoms with Gasteiger partial charge in [-0.15, -0.1) is 0 Å². The smallest absolute Gasteiger partial charge is 0.218 e. The van der Waals surface area contributed by atoms with Crippen LogP contribution in [0.1, 0.15) is 38.3 Å². The molecule has 2 rings (SSSR count). The van der Waals surface area contributed by atoms with E-state index in [0.29, 0.717) is 12.0 Å². The number of amides is 1. The van der Waals surface area contributed by atoms with E-state index in [1.165, 1.54) is 18.2 Å². The number of rotatable bonds is 8. The molecule has 0 aliphatic carbocycles. The minimum absolute atomic E-state index is 0.0404. The van der Waals surface area contributed by atoms with Crippen LogP contribution in [-0.4, -0.2) is 11.9 Å². The van der Waals surface area contributed by atoms with Gasteiger partial charge >= 0.3 is 0 Å². The van der Waals surface area contributed by atoms with Crippen LogP contribution in [0.15, 0.2) is 30.3 Å². The molecule has 0 heterocycles. The molecular weight excluding hydrogens is 376 g/mol. The third-order valence-corrected chi connectivity index (χ3v) is 4.35. The summed E-state index contributed by atoms with van der Waals surface area (Å²) in [5, 5.41) is 3.22. The number of carbonyl (C=O) groups is 1. The Morgan fingerprint density at radius 1 is 1.30 bits per heavy atom. The van der Waals surface area contributed by atoms with Crippen molar-refractivity contribution in [2.45, 2.75) is 38.8 Å². The molecule has 2 aromatic carbocycles. The first kappa shape index (κ1) is 20.9. The van der Waals surface area contributed by atoms with Gasteiger partial charge in [0.25, 0.3) is 0 Å². The van der Waals surface area contributed by atoms with Crippen molar-refractivity contribution in [1.29, 1.82) is 0 Å². The minimum atomic E-state index is -0.673. The first-order valence-corrected chi connectivity index (χ1v) is 8.85. The van der Waals surface area contributed by atoms with Crippen molar-refractivity contribution in [2.75, 3.05) is 5.73 Å². The first-order chi connectivity index (χ1) is 12.7. The van der Waals surface area contributed by atoms with Gasteiger partial charge in [-0.3, -0.25) is 4.79 Å². The minimum Gasteiger partial charge on any atom is -0.453 e. The van der Waals surface area contributed by atoms with Gasteiger partial charge in [-0.05, 0) is 31.5 Å². The maximum Gasteiger partial charge on any atom is 0.218 e. The van der Waals surface area contributed by atoms with Gasteiger partial charge in [0.15, 0.2) is 11.6 Å². The van der Waals surface area contributed by atoms with Crippen molar-refractivity contribution in [3.05, 3.63) is 52.6 Å². The molecule has 146 valence electrons. The topological polar surface area (TPSA) is 90.4 Å². The Balaban J connectivity index is 2.32. The number of nitrogens with one attached hydrogen (secondary N) is 1. The van der Waals surface area contributed by atoms with Crippen LogP contribution in [0.4, 0.5) is 14.5 Å². The van der Waals surface area contributed by atoms with Crippen LogP contribution in [0.3, 0.4) is 0 Å². The van der Waals surface area contributed by atoms with Crippen LogP contribution in [-0.2, 0) is 4.79 Å². The lowest BCUT2D eigenvalue weighted by molar-refractivity contribution is -0.118. The largest absolute Gasteiger partial charge is 0.453 e. The van der Waals surface area contributed by atoms with E-state index in [2.05, 4.69) is 5.32 Å². The fraction of sp³-hybridized carbons (Fsp3) is 0.316. The highest BCUT2D eigenvalue weighted by atomic mass is 35.5. The van der Waals surface area contributed by atoms with Crippen molar-refractivity contribution in [1.82, 2.24) is 5.32 Å². The normalized spacial score (nSPS) is 13.2. The number of halogens is 3. The molecule has 0 spiro atoms. The van der Waals surface area contributed by atoms with E-state index in [4.69, 9.17) is 27.8 Å². The molecule has 0 saturated heterocycles. The highest BCUT2D eigenvalue weighted by molar-refractivity contribution is 6.32. The lowest BCUT2D eigenvalue weighted by Gasteiger charge is -2.23. The Bertz CT molecular complexity index is 833. The van der Waals surface area contributed by atoms with Gasteiger partial charge in [0.05, 0.1) is 10.7 Å². The van der Waals surface area contributed by atoms with E-state index in [1.54, 1.807) is 13.0 Å². The standard InChI is InChI=1S/C19H22ClF2N3O2/c1-3-16(25-10(2)8-17(24)26)12-5-6-13(20)19(18(12)22)27-11-4-7-15(23)14(21)9-11/h4-7,9-10,16,25H,3,8,23H2,1-2H3,(H2,24,26)/t10-,16+/m0/s1. The van der Waals surface area contributed by atoms with E-state index in [-0.39, 0.29) is 40.7 Å². The second kappa shape index (κ2) is 9.01. The average molecular weight is 398 g/mol. The van der Waals surface area contributed by atoms with Crippen molar-refractivity contribution >= 4 is 23.2 Å². The molecule has 5 N–H and O–H groups in total. The number of carbonyl (C=O) groups excluding carboxylic acids is 1. The van der Waals surface area contributed by atoms with Crippen molar-refractivity contribution in [3.63, 3.8) is 0 Å². The summed E-state index contributed by atoms with van der Waals surface area (Å²) in [5.41, 5.74) is 10.9. The Morgan fingerprint density at radius 3 is 2.59 bits per heavy atom. The molecule has 2 atom stereocenters. The molecule has 27 heavy (non-hydrogen) atoms. The summed E-state index contributed by atoms with van der Waals surface area (Å²) in [7, 11) is 0. The maximum absolute atomic E-state index is 15.1. The van der Waals surface area contributed by atoms with Crippen molar-refractivity contribution in [3.8, 4) is 11.5 Å². The third kappa shape index (κ3) is 5.30. The van der Waals surface area contributed by atoms with Crippen LogP contribution in [0, 0.1) is 11.6 Å². The molecule has 0 unspecified atom stereocenters. The van der Waals surface area contributed by atoms with E-state index in [1.807, 2.05) is 6.92 Å². The average Bonchev–Trinajstić information content (AvgIpc) is 2.59. The summed E-state index contributed by atoms with van der Waals surface area (Å²) in [5.74, 6) is -1.92. The summed E-state index contributed by atoms with van der Waals surface area (Å²) >= 11 is 6.08. The molecule has 0 aliphatic heterocycles. The van der Waals surface area contributed by atoms with E-state index in [9.17, 15) is 9.18 Å². The molecule has 0 aromatic heterocycles. The Kier molecular flexibility index (Phi) is 6.98. The number of nitrogens with two attached hydrogens (primary N) is 2. The summed E-state index contributed by atoms with van der Waals surface area (Å²) in [4.78, 5) is 11.1. The fourth-order valence-electron chi connectivity index (χ4n) is 2.73. The van der Waals surface area contributed by atoms with E-state index >= 15 is 4.39 Å². The number of hydrogen-bond acceptors (Lipinski definition) is 4. The van der Waals surface area contributed by atoms with Gasteiger partial charge < -0.3 is 21.5 Å². The summed E-state index contributed by atoms with van der Waals surface area (Å²) in [6.45, 7) is 3.66. The SMILES string of the molecule is CC[C@@H](N[C@@H](C)CC(N)=O)c1ccc(Cl)c(Oc2ccc(N)c(F)c2)c1F. The highest BCUT2D eigenvalue weighted by Gasteiger charge is 2.22. The molecule has 1 amide bonds. The zero-order valence-corrected chi connectivity index (χ0v) is 15.8. The van der Waals surface area contributed by atoms with Gasteiger partial charge in [0.2, 0.25) is 5.91 Å². The van der Waals surface area contributed by atoms with Crippen molar-refractivity contribution < 1.29 is 18.3 Å². The second-order valence-corrected chi connectivity index (χ2v) is 6.67. The second-order valence-electron chi connectivity index (χ2n) is 6.26. The zero-order chi connectivity index (χ0) is 20.1. The predicted molar refractivity (Wildman–Crippen MR) is 102 cm³/mol. The van der Waals surface area contributed by atoms with E-state index < -0.39 is 17.5 Å². The molecule has 0 aliphatic rings. The van der Waals surface area contributed by atoms with Gasteiger partial charge in [-0.25, -0.2) is 8.78 Å². The highest BCUT2D eigenvalue weighted by Crippen LogP contribution is 2.37. The van der Waals surface area contributed by atoms with Crippen molar-refractivity contribution in [2.24, 2.45) is 5.73 Å². The van der Waals surface area contributed by atoms with Crippen LogP contribution in [0.5, 0.6) is 11.5 Å². The summed E-state index contributed by atoms with van der Waals surface area (Å²) in [6.07, 6.45) is 0.678. The Morgan fingerprint density at radius 2 is 2.00 bits per heavy atom. The summed E-state index contributed by atoms with van der Waals surface area (Å²) < 4.78 is 34.2. The fourth-order valence-corrected chi connectivity index (χ4v) is 2.92. The molecule has 8 heteroatoms. The summed E-state index contributed by atoms with van der Waals surface area (Å²) in [6, 6.07) is 6.23. The number of nitrogen functional groups attached to an aromatic ring is 1. The van der Waals surface area contributed by atoms with Gasteiger partial charge in [0.1, 0.15) is 11.6 Å². The number of hydrogen-bond donors (Lipinski definition) is 3. The third-order valence-electron chi connectivity index (χ3n) is 4.05. The Labute approximate surface area is 161 Å². The predicted octanol–water partition coefficient (Wildman–Crippen LogP) is 4.30. The van der Waals surface area contributed by atoms with Crippen LogP contribution in [0.25, 0.3) is 0 Å². The molecular formula is C19H22ClF2N3O2. The van der Waals surface area contributed by atoms with Gasteiger partial charge in [0, 0.05) is 30.1 Å². The van der Waals surface area contributed by atoms with Gasteiger partial charge in [-0.2, -0.15) is 0 Å². The number of anilines is 1. The first-order valence-electron chi connectivity index (χ1n) is 8.48. The molecule has 0 saturated carbocycles. The van der Waals surface area contributed by atoms with E-state index in [0.717, 1.165) is 6.07 Å². The quantitative estimate of drug-likeness (QED) is 0.579. The lowest BCUT2D eigenvalue weighted by atomic mass is 10.0. The van der Waals surface area contributed by atoms with Crippen LogP contribution < -0.4 is 21.5 Å². The number of benzene rings is 2. The molecule has 0 radical (unpaired) electrons. The molecule has 0 bridgehead atoms. The van der Waals surface area contributed by atoms with Crippen LogP contribution >= 0.6 is 11.6 Å². The van der Waals surface area contributed by atoms with Crippen LogP contribution in [0.2, 0.25) is 5.02 Å². The lowest BCUT2D eigenvalue weighted by Crippen LogP contribution is -2.34. The number of primary amides is 1. The monoisotopic (exact) mass is 397 g/mol. The molecule has 0 fully saturated rings. The zero-order valence-electron chi connectivity index (χ0n) is 15.1. The Hall–Kier alpha value is -2.38. The van der Waals surface area contributed by atoms with Gasteiger partial charge in [-0.1, -0.05) is 24.6 Å². The maximum atomic E-state index is 15.1. The number of ether oxygens (including phenoxy) is 1. The molecule has 2 aromatic rings. The molecule has 5 nitrogen and oxygen atoms in total.